The van der Waals surface area contributed by atoms with Gasteiger partial charge in [0.1, 0.15) is 0 Å². The minimum Gasteiger partial charge on any atom is -0.478 e. The molecular weight excluding hydrogens is 240 g/mol. The molecule has 0 aromatic heterocycles. The number of hydrogen-bond acceptors (Lipinski definition) is 4. The summed E-state index contributed by atoms with van der Waals surface area (Å²) in [6, 6.07) is 4.96. The molecule has 0 aliphatic heterocycles. The van der Waals surface area contributed by atoms with Crippen molar-refractivity contribution in [2.75, 3.05) is 12.9 Å². The lowest BCUT2D eigenvalue weighted by molar-refractivity contribution is -0.140. The first kappa shape index (κ1) is 13.6. The fourth-order valence-electron chi connectivity index (χ4n) is 1.29. The third kappa shape index (κ3) is 4.11. The summed E-state index contributed by atoms with van der Waals surface area (Å²) in [7, 11) is 1.36. The van der Waals surface area contributed by atoms with Crippen molar-refractivity contribution in [1.29, 1.82) is 0 Å². The number of carbonyl (C=O) groups is 2. The molecule has 0 heterocycles. The number of esters is 1. The number of hydrogen-bond donors (Lipinski definition) is 1. The molecule has 5 heteroatoms. The summed E-state index contributed by atoms with van der Waals surface area (Å²) >= 11 is 1.52. The third-order valence-electron chi connectivity index (χ3n) is 2.21. The first-order chi connectivity index (χ1) is 8.04. The predicted octanol–water partition coefficient (Wildman–Crippen LogP) is 2.35. The van der Waals surface area contributed by atoms with E-state index in [0.29, 0.717) is 12.2 Å². The Bertz CT molecular complexity index is 429. The summed E-state index contributed by atoms with van der Waals surface area (Å²) in [5, 5.41) is 8.81. The molecule has 0 aliphatic rings. The highest BCUT2D eigenvalue weighted by atomic mass is 32.2. The fourth-order valence-corrected chi connectivity index (χ4v) is 2.23. The highest BCUT2D eigenvalue weighted by molar-refractivity contribution is 7.99. The predicted molar refractivity (Wildman–Crippen MR) is 65.5 cm³/mol. The Morgan fingerprint density at radius 3 is 2.65 bits per heavy atom. The molecule has 1 aromatic rings. The Hall–Kier alpha value is -1.49. The fraction of sp³-hybridized carbons (Fsp3) is 0.333. The maximum atomic E-state index is 10.9. The van der Waals surface area contributed by atoms with Crippen molar-refractivity contribution < 1.29 is 19.4 Å². The van der Waals surface area contributed by atoms with Crippen LogP contribution in [-0.2, 0) is 9.53 Å². The quantitative estimate of drug-likeness (QED) is 0.645. The number of ether oxygens (including phenoxy) is 1. The van der Waals surface area contributed by atoms with Gasteiger partial charge in [-0.05, 0) is 30.7 Å². The molecule has 1 N–H and O–H groups in total. The number of methoxy groups -OCH3 is 1. The van der Waals surface area contributed by atoms with E-state index in [9.17, 15) is 9.59 Å². The van der Waals surface area contributed by atoms with Gasteiger partial charge in [-0.3, -0.25) is 4.79 Å². The largest absolute Gasteiger partial charge is 0.478 e. The second kappa shape index (κ2) is 6.30. The van der Waals surface area contributed by atoms with Crippen LogP contribution in [0, 0.1) is 6.92 Å². The van der Waals surface area contributed by atoms with Crippen molar-refractivity contribution in [3.05, 3.63) is 29.3 Å². The first-order valence-corrected chi connectivity index (χ1v) is 6.06. The minimum absolute atomic E-state index is 0.239. The van der Waals surface area contributed by atoms with E-state index in [-0.39, 0.29) is 11.5 Å². The summed E-state index contributed by atoms with van der Waals surface area (Å²) in [5.74, 6) is -0.545. The van der Waals surface area contributed by atoms with Crippen molar-refractivity contribution in [3.63, 3.8) is 0 Å². The minimum atomic E-state index is -0.931. The van der Waals surface area contributed by atoms with E-state index in [1.165, 1.54) is 18.9 Å². The molecule has 0 bridgehead atoms. The molecule has 0 saturated carbocycles. The summed E-state index contributed by atoms with van der Waals surface area (Å²) in [4.78, 5) is 22.6. The van der Waals surface area contributed by atoms with Crippen molar-refractivity contribution >= 4 is 23.7 Å². The van der Waals surface area contributed by atoms with E-state index in [1.807, 2.05) is 6.92 Å². The smallest absolute Gasteiger partial charge is 0.335 e. The Kier molecular flexibility index (Phi) is 5.03. The van der Waals surface area contributed by atoms with Crippen LogP contribution >= 0.6 is 11.8 Å². The zero-order chi connectivity index (χ0) is 12.8. The van der Waals surface area contributed by atoms with Gasteiger partial charge in [-0.15, -0.1) is 11.8 Å². The molecule has 0 amide bonds. The van der Waals surface area contributed by atoms with E-state index in [4.69, 9.17) is 5.11 Å². The van der Waals surface area contributed by atoms with Gasteiger partial charge in [-0.2, -0.15) is 0 Å². The Morgan fingerprint density at radius 2 is 2.12 bits per heavy atom. The summed E-state index contributed by atoms with van der Waals surface area (Å²) in [5.41, 5.74) is 1.18. The average Bonchev–Trinajstić information content (AvgIpc) is 2.30. The number of carboxylic acids is 1. The molecule has 1 rings (SSSR count). The normalized spacial score (nSPS) is 10.0. The van der Waals surface area contributed by atoms with Crippen LogP contribution in [0.1, 0.15) is 22.3 Å². The second-order valence-electron chi connectivity index (χ2n) is 3.46. The van der Waals surface area contributed by atoms with Gasteiger partial charge in [0.15, 0.2) is 0 Å². The Labute approximate surface area is 104 Å². The van der Waals surface area contributed by atoms with Crippen molar-refractivity contribution in [2.45, 2.75) is 18.2 Å². The van der Waals surface area contributed by atoms with Gasteiger partial charge >= 0.3 is 11.9 Å². The molecule has 1 aromatic carbocycles. The number of thioether (sulfide) groups is 1. The summed E-state index contributed by atoms with van der Waals surface area (Å²) < 4.78 is 4.54. The monoisotopic (exact) mass is 254 g/mol. The van der Waals surface area contributed by atoms with E-state index in [2.05, 4.69) is 4.74 Å². The zero-order valence-corrected chi connectivity index (χ0v) is 10.5. The van der Waals surface area contributed by atoms with Crippen LogP contribution in [0.4, 0.5) is 0 Å². The molecule has 17 heavy (non-hydrogen) atoms. The number of carboxylic acid groups (broad SMARTS) is 1. The highest BCUT2D eigenvalue weighted by Crippen LogP contribution is 2.24. The zero-order valence-electron chi connectivity index (χ0n) is 9.73. The van der Waals surface area contributed by atoms with Crippen LogP contribution < -0.4 is 0 Å². The van der Waals surface area contributed by atoms with E-state index < -0.39 is 5.97 Å². The molecule has 0 spiro atoms. The third-order valence-corrected chi connectivity index (χ3v) is 3.39. The maximum absolute atomic E-state index is 10.9. The Balaban J connectivity index is 2.60. The van der Waals surface area contributed by atoms with Crippen LogP contribution in [0.25, 0.3) is 0 Å². The molecule has 0 atom stereocenters. The number of aryl methyl sites for hydroxylation is 1. The maximum Gasteiger partial charge on any atom is 0.335 e. The topological polar surface area (TPSA) is 63.6 Å². The van der Waals surface area contributed by atoms with Crippen molar-refractivity contribution in [1.82, 2.24) is 0 Å². The first-order valence-electron chi connectivity index (χ1n) is 5.08. The van der Waals surface area contributed by atoms with E-state index in [1.54, 1.807) is 18.2 Å². The van der Waals surface area contributed by atoms with Gasteiger partial charge < -0.3 is 9.84 Å². The van der Waals surface area contributed by atoms with Crippen molar-refractivity contribution in [3.8, 4) is 0 Å². The lowest BCUT2D eigenvalue weighted by atomic mass is 10.1. The second-order valence-corrected chi connectivity index (χ2v) is 4.60. The molecule has 0 fully saturated rings. The van der Waals surface area contributed by atoms with Gasteiger partial charge in [-0.1, -0.05) is 0 Å². The molecule has 92 valence electrons. The van der Waals surface area contributed by atoms with Gasteiger partial charge in [0, 0.05) is 10.6 Å². The van der Waals surface area contributed by atoms with Gasteiger partial charge in [0.05, 0.1) is 19.1 Å². The number of benzene rings is 1. The van der Waals surface area contributed by atoms with Crippen LogP contribution in [0.2, 0.25) is 0 Å². The number of rotatable bonds is 5. The molecular formula is C12H14O4S. The highest BCUT2D eigenvalue weighted by Gasteiger charge is 2.07. The number of carbonyl (C=O) groups excluding carboxylic acids is 1. The van der Waals surface area contributed by atoms with Crippen LogP contribution in [0.5, 0.6) is 0 Å². The lowest BCUT2D eigenvalue weighted by Gasteiger charge is -2.06. The molecule has 4 nitrogen and oxygen atoms in total. The van der Waals surface area contributed by atoms with E-state index >= 15 is 0 Å². The summed E-state index contributed by atoms with van der Waals surface area (Å²) in [6.07, 6.45) is 0.349. The van der Waals surface area contributed by atoms with Gasteiger partial charge in [-0.25, -0.2) is 4.79 Å². The SMILES string of the molecule is COC(=O)CCSc1ccc(C(=O)O)cc1C. The molecule has 0 aliphatic carbocycles. The molecule has 0 radical (unpaired) electrons. The lowest BCUT2D eigenvalue weighted by Crippen LogP contribution is -2.01. The Morgan fingerprint density at radius 1 is 1.41 bits per heavy atom. The van der Waals surface area contributed by atoms with E-state index in [0.717, 1.165) is 10.5 Å². The number of aromatic carboxylic acids is 1. The standard InChI is InChI=1S/C12H14O4S/c1-8-7-9(12(14)15)3-4-10(8)17-6-5-11(13)16-2/h3-4,7H,5-6H2,1-2H3,(H,14,15). The van der Waals surface area contributed by atoms with Gasteiger partial charge in [0.25, 0.3) is 0 Å². The molecule has 0 saturated heterocycles. The molecule has 0 unspecified atom stereocenters. The van der Waals surface area contributed by atoms with Crippen LogP contribution in [0.3, 0.4) is 0 Å². The van der Waals surface area contributed by atoms with Gasteiger partial charge in [0.2, 0.25) is 0 Å². The van der Waals surface area contributed by atoms with Crippen LogP contribution in [-0.4, -0.2) is 29.9 Å². The van der Waals surface area contributed by atoms with Crippen LogP contribution in [0.15, 0.2) is 23.1 Å². The van der Waals surface area contributed by atoms with Crippen molar-refractivity contribution in [2.24, 2.45) is 0 Å². The average molecular weight is 254 g/mol. The summed E-state index contributed by atoms with van der Waals surface area (Å²) in [6.45, 7) is 1.85.